The molecule has 5 heteroatoms. The zero-order valence-corrected chi connectivity index (χ0v) is 15.6. The lowest BCUT2D eigenvalue weighted by molar-refractivity contribution is -0.134. The minimum absolute atomic E-state index is 0.292. The van der Waals surface area contributed by atoms with Gasteiger partial charge in [0.1, 0.15) is 0 Å². The van der Waals surface area contributed by atoms with Gasteiger partial charge in [-0.2, -0.15) is 5.10 Å². The molecule has 3 heterocycles. The summed E-state index contributed by atoms with van der Waals surface area (Å²) in [4.78, 5) is 16.8. The number of nitrogens with zero attached hydrogens (tertiary/aromatic N) is 4. The van der Waals surface area contributed by atoms with E-state index < -0.39 is 0 Å². The number of para-hydroxylation sites is 1. The van der Waals surface area contributed by atoms with Crippen LogP contribution in [-0.4, -0.2) is 51.7 Å². The summed E-state index contributed by atoms with van der Waals surface area (Å²) in [5, 5.41) is 4.52. The quantitative estimate of drug-likeness (QED) is 0.849. The van der Waals surface area contributed by atoms with E-state index in [4.69, 9.17) is 0 Å². The van der Waals surface area contributed by atoms with Gasteiger partial charge in [0.25, 0.3) is 0 Å². The van der Waals surface area contributed by atoms with Crippen LogP contribution in [0.5, 0.6) is 0 Å². The summed E-state index contributed by atoms with van der Waals surface area (Å²) in [6.07, 6.45) is 6.09. The fourth-order valence-corrected chi connectivity index (χ4v) is 4.62. The molecule has 2 aromatic rings. The summed E-state index contributed by atoms with van der Waals surface area (Å²) in [7, 11) is 0. The van der Waals surface area contributed by atoms with Crippen LogP contribution in [0.15, 0.2) is 42.6 Å². The van der Waals surface area contributed by atoms with Crippen molar-refractivity contribution in [3.63, 3.8) is 0 Å². The summed E-state index contributed by atoms with van der Waals surface area (Å²) in [6.45, 7) is 6.95. The highest BCUT2D eigenvalue weighted by atomic mass is 16.2. The van der Waals surface area contributed by atoms with Crippen LogP contribution in [-0.2, 0) is 11.3 Å². The smallest absolute Gasteiger partial charge is 0.222 e. The number of likely N-dealkylation sites (tertiary alicyclic amines) is 2. The third-order valence-electron chi connectivity index (χ3n) is 5.94. The van der Waals surface area contributed by atoms with Crippen LogP contribution >= 0.6 is 0 Å². The number of hydrogen-bond acceptors (Lipinski definition) is 3. The molecule has 0 aliphatic carbocycles. The molecule has 2 aliphatic rings. The second kappa shape index (κ2) is 7.23. The molecular weight excluding hydrogens is 324 g/mol. The van der Waals surface area contributed by atoms with E-state index >= 15 is 0 Å². The number of hydrogen-bond donors (Lipinski definition) is 0. The minimum Gasteiger partial charge on any atom is -0.342 e. The first-order valence-corrected chi connectivity index (χ1v) is 9.78. The Balaban J connectivity index is 1.44. The average molecular weight is 352 g/mol. The maximum Gasteiger partial charge on any atom is 0.222 e. The van der Waals surface area contributed by atoms with Crippen molar-refractivity contribution in [1.29, 1.82) is 0 Å². The van der Waals surface area contributed by atoms with Gasteiger partial charge in [0.15, 0.2) is 0 Å². The van der Waals surface area contributed by atoms with Crippen LogP contribution in [0.2, 0.25) is 0 Å². The van der Waals surface area contributed by atoms with Gasteiger partial charge in [-0.05, 0) is 44.0 Å². The van der Waals surface area contributed by atoms with E-state index in [2.05, 4.69) is 33.1 Å². The molecule has 2 saturated heterocycles. The lowest BCUT2D eigenvalue weighted by Crippen LogP contribution is -2.47. The molecule has 1 spiro atoms. The SMILES string of the molecule is CCC(=O)N1CCCC2(CCN(Cc3ccnn3-c3ccccc3)C2)C1. The Morgan fingerprint density at radius 2 is 1.96 bits per heavy atom. The predicted octanol–water partition coefficient (Wildman–Crippen LogP) is 3.10. The van der Waals surface area contributed by atoms with E-state index in [1.54, 1.807) is 0 Å². The Hall–Kier alpha value is -2.14. The maximum absolute atomic E-state index is 12.1. The fourth-order valence-electron chi connectivity index (χ4n) is 4.62. The highest BCUT2D eigenvalue weighted by molar-refractivity contribution is 5.76. The number of rotatable bonds is 4. The molecule has 138 valence electrons. The Bertz CT molecular complexity index is 756. The largest absolute Gasteiger partial charge is 0.342 e. The van der Waals surface area contributed by atoms with Crippen molar-refractivity contribution in [2.24, 2.45) is 5.41 Å². The van der Waals surface area contributed by atoms with E-state index in [1.165, 1.54) is 18.5 Å². The first-order chi connectivity index (χ1) is 12.7. The number of benzene rings is 1. The van der Waals surface area contributed by atoms with E-state index in [0.29, 0.717) is 17.7 Å². The molecular formula is C21H28N4O. The summed E-state index contributed by atoms with van der Waals surface area (Å²) in [5.41, 5.74) is 2.63. The second-order valence-corrected chi connectivity index (χ2v) is 7.80. The number of carbonyl (C=O) groups is 1. The molecule has 1 unspecified atom stereocenters. The molecule has 1 aromatic carbocycles. The Morgan fingerprint density at radius 1 is 1.12 bits per heavy atom. The summed E-state index contributed by atoms with van der Waals surface area (Å²) in [5.74, 6) is 0.310. The van der Waals surface area contributed by atoms with Crippen LogP contribution in [0.1, 0.15) is 38.3 Å². The van der Waals surface area contributed by atoms with Crippen LogP contribution in [0.4, 0.5) is 0 Å². The van der Waals surface area contributed by atoms with Crippen LogP contribution in [0.25, 0.3) is 5.69 Å². The van der Waals surface area contributed by atoms with E-state index in [1.807, 2.05) is 36.0 Å². The van der Waals surface area contributed by atoms with Gasteiger partial charge in [0.05, 0.1) is 11.4 Å². The van der Waals surface area contributed by atoms with Crippen LogP contribution < -0.4 is 0 Å². The van der Waals surface area contributed by atoms with E-state index in [0.717, 1.165) is 44.8 Å². The van der Waals surface area contributed by atoms with Crippen molar-refractivity contribution >= 4 is 5.91 Å². The normalized spacial score (nSPS) is 23.7. The number of amides is 1. The standard InChI is InChI=1S/C21H28N4O/c1-2-20(26)24-13-6-10-21(17-24)11-14-23(16-21)15-19-9-12-22-25(19)18-7-4-3-5-8-18/h3-5,7-9,12H,2,6,10-11,13-17H2,1H3. The molecule has 0 saturated carbocycles. The second-order valence-electron chi connectivity index (χ2n) is 7.80. The Kier molecular flexibility index (Phi) is 4.81. The molecule has 0 N–H and O–H groups in total. The molecule has 2 aliphatic heterocycles. The number of piperidine rings is 1. The van der Waals surface area contributed by atoms with Gasteiger partial charge >= 0.3 is 0 Å². The molecule has 0 bridgehead atoms. The van der Waals surface area contributed by atoms with Gasteiger partial charge in [-0.1, -0.05) is 25.1 Å². The number of aromatic nitrogens is 2. The van der Waals surface area contributed by atoms with Crippen molar-refractivity contribution in [1.82, 2.24) is 19.6 Å². The highest BCUT2D eigenvalue weighted by Crippen LogP contribution is 2.39. The molecule has 1 aromatic heterocycles. The lowest BCUT2D eigenvalue weighted by Gasteiger charge is -2.40. The van der Waals surface area contributed by atoms with Gasteiger partial charge < -0.3 is 4.90 Å². The molecule has 2 fully saturated rings. The monoisotopic (exact) mass is 352 g/mol. The van der Waals surface area contributed by atoms with E-state index in [-0.39, 0.29) is 0 Å². The van der Waals surface area contributed by atoms with Crippen molar-refractivity contribution < 1.29 is 4.79 Å². The van der Waals surface area contributed by atoms with Gasteiger partial charge in [-0.15, -0.1) is 0 Å². The fraction of sp³-hybridized carbons (Fsp3) is 0.524. The first-order valence-electron chi connectivity index (χ1n) is 9.78. The minimum atomic E-state index is 0.292. The third-order valence-corrected chi connectivity index (χ3v) is 5.94. The van der Waals surface area contributed by atoms with Crippen molar-refractivity contribution in [3.05, 3.63) is 48.3 Å². The van der Waals surface area contributed by atoms with Crippen LogP contribution in [0, 0.1) is 5.41 Å². The van der Waals surface area contributed by atoms with Gasteiger partial charge in [-0.25, -0.2) is 4.68 Å². The third kappa shape index (κ3) is 3.40. The maximum atomic E-state index is 12.1. The first kappa shape index (κ1) is 17.3. The Morgan fingerprint density at radius 3 is 2.77 bits per heavy atom. The van der Waals surface area contributed by atoms with Crippen LogP contribution in [0.3, 0.4) is 0 Å². The molecule has 0 radical (unpaired) electrons. The Labute approximate surface area is 155 Å². The van der Waals surface area contributed by atoms with Gasteiger partial charge in [0.2, 0.25) is 5.91 Å². The molecule has 4 rings (SSSR count). The molecule has 26 heavy (non-hydrogen) atoms. The average Bonchev–Trinajstić information content (AvgIpc) is 3.29. The lowest BCUT2D eigenvalue weighted by atomic mass is 9.79. The summed E-state index contributed by atoms with van der Waals surface area (Å²) < 4.78 is 2.04. The summed E-state index contributed by atoms with van der Waals surface area (Å²) in [6, 6.07) is 12.4. The molecule has 1 atom stereocenters. The predicted molar refractivity (Wildman–Crippen MR) is 102 cm³/mol. The molecule has 5 nitrogen and oxygen atoms in total. The molecule has 1 amide bonds. The zero-order chi connectivity index (χ0) is 18.0. The highest BCUT2D eigenvalue weighted by Gasteiger charge is 2.42. The van der Waals surface area contributed by atoms with E-state index in [9.17, 15) is 4.79 Å². The zero-order valence-electron chi connectivity index (χ0n) is 15.6. The van der Waals surface area contributed by atoms with Crippen molar-refractivity contribution in [3.8, 4) is 5.69 Å². The van der Waals surface area contributed by atoms with Gasteiger partial charge in [0, 0.05) is 44.2 Å². The van der Waals surface area contributed by atoms with Gasteiger partial charge in [-0.3, -0.25) is 9.69 Å². The summed E-state index contributed by atoms with van der Waals surface area (Å²) >= 11 is 0. The van der Waals surface area contributed by atoms with Crippen molar-refractivity contribution in [2.45, 2.75) is 39.2 Å². The van der Waals surface area contributed by atoms with Crippen molar-refractivity contribution in [2.75, 3.05) is 26.2 Å². The topological polar surface area (TPSA) is 41.4 Å². The number of carbonyl (C=O) groups excluding carboxylic acids is 1.